The van der Waals surface area contributed by atoms with E-state index in [1.54, 1.807) is 14.2 Å². The molecule has 0 amide bonds. The summed E-state index contributed by atoms with van der Waals surface area (Å²) >= 11 is 0. The Hall–Kier alpha value is -3.13. The largest absolute Gasteiger partial charge is 0.497 e. The van der Waals surface area contributed by atoms with Crippen LogP contribution < -0.4 is 14.8 Å². The highest BCUT2D eigenvalue weighted by atomic mass is 32.2. The Kier molecular flexibility index (Phi) is 6.22. The Bertz CT molecular complexity index is 910. The number of oxime groups is 1. The molecular weight excluding hydrogens is 364 g/mol. The highest BCUT2D eigenvalue weighted by molar-refractivity contribution is 7.39. The Balaban J connectivity index is 1.74. The fraction of sp³-hybridized carbons (Fsp3) is 0.211. The first kappa shape index (κ1) is 18.7. The van der Waals surface area contributed by atoms with E-state index in [0.29, 0.717) is 11.8 Å². The number of ether oxygens (including phenoxy) is 2. The summed E-state index contributed by atoms with van der Waals surface area (Å²) in [5.74, 6) is 1.54. The van der Waals surface area contributed by atoms with Gasteiger partial charge in [0.25, 0.3) is 5.03 Å². The van der Waals surface area contributed by atoms with Crippen LogP contribution in [0, 0.1) is 0 Å². The number of anilines is 1. The lowest BCUT2D eigenvalue weighted by Gasteiger charge is -2.07. The topological polar surface area (TPSA) is 88.9 Å². The van der Waals surface area contributed by atoms with E-state index in [1.807, 2.05) is 47.8 Å². The van der Waals surface area contributed by atoms with Crippen molar-refractivity contribution in [2.75, 3.05) is 26.1 Å². The van der Waals surface area contributed by atoms with Gasteiger partial charge in [0.15, 0.2) is 0 Å². The Morgan fingerprint density at radius 1 is 1.15 bits per heavy atom. The Morgan fingerprint density at radius 2 is 1.96 bits per heavy atom. The van der Waals surface area contributed by atoms with Gasteiger partial charge in [-0.1, -0.05) is 17.3 Å². The van der Waals surface area contributed by atoms with Crippen LogP contribution in [0.5, 0.6) is 11.8 Å². The van der Waals surface area contributed by atoms with Gasteiger partial charge in [0.1, 0.15) is 23.2 Å². The molecule has 0 aliphatic heterocycles. The van der Waals surface area contributed by atoms with Crippen molar-refractivity contribution in [3.05, 3.63) is 58.3 Å². The lowest BCUT2D eigenvalue weighted by atomic mass is 10.1. The molecule has 0 bridgehead atoms. The van der Waals surface area contributed by atoms with Crippen LogP contribution in [0.4, 0.5) is 5.82 Å². The van der Waals surface area contributed by atoms with Crippen molar-refractivity contribution in [3.63, 3.8) is 0 Å². The monoisotopic (exact) mass is 385 g/mol. The number of hydrogen-bond donors (Lipinski definition) is 2. The van der Waals surface area contributed by atoms with Gasteiger partial charge in [-0.25, -0.2) is 0 Å². The number of thiophene rings is 1. The molecule has 140 valence electrons. The third-order valence-corrected chi connectivity index (χ3v) is 5.72. The van der Waals surface area contributed by atoms with Crippen molar-refractivity contribution in [1.29, 1.82) is 0 Å². The molecule has 8 heteroatoms. The lowest BCUT2D eigenvalue weighted by molar-refractivity contribution is 0.322. The van der Waals surface area contributed by atoms with Crippen molar-refractivity contribution >= 4 is 22.5 Å². The zero-order valence-corrected chi connectivity index (χ0v) is 15.9. The van der Waals surface area contributed by atoms with E-state index in [9.17, 15) is 0 Å². The smallest absolute Gasteiger partial charge is 0.322 e. The maximum atomic E-state index is 8.83. The van der Waals surface area contributed by atoms with Gasteiger partial charge >= 0.3 is 6.01 Å². The fourth-order valence-corrected chi connectivity index (χ4v) is 4.11. The Morgan fingerprint density at radius 3 is 2.67 bits per heavy atom. The van der Waals surface area contributed by atoms with E-state index in [1.165, 1.54) is 11.8 Å². The summed E-state index contributed by atoms with van der Waals surface area (Å²) in [5.41, 5.74) is 1.20. The normalized spacial score (nSPS) is 11.6. The number of rotatable bonds is 8. The quantitative estimate of drug-likeness (QED) is 0.266. The summed E-state index contributed by atoms with van der Waals surface area (Å²) in [4.78, 5) is 9.69. The lowest BCUT2D eigenvalue weighted by Crippen LogP contribution is -2.07. The molecule has 2 N–H and O–H groups in total. The number of hydrogen-bond acceptors (Lipinski definition) is 7. The minimum Gasteiger partial charge on any atom is -0.497 e. The molecule has 1 unspecified atom stereocenters. The molecule has 0 fully saturated rings. The van der Waals surface area contributed by atoms with Crippen LogP contribution in [0.2, 0.25) is 0 Å². The number of aromatic nitrogens is 2. The molecule has 1 atom stereocenters. The number of nitrogens with zero attached hydrogens (tertiary/aromatic N) is 3. The number of benzene rings is 1. The molecule has 7 nitrogen and oxygen atoms in total. The summed E-state index contributed by atoms with van der Waals surface area (Å²) in [6.07, 6.45) is 2.27. The first-order valence-corrected chi connectivity index (χ1v) is 9.61. The van der Waals surface area contributed by atoms with E-state index in [2.05, 4.69) is 20.4 Å². The van der Waals surface area contributed by atoms with Gasteiger partial charge in [-0.2, -0.15) is 4.98 Å². The molecule has 0 saturated heterocycles. The third-order valence-electron chi connectivity index (χ3n) is 3.88. The van der Waals surface area contributed by atoms with Crippen molar-refractivity contribution in [1.82, 2.24) is 9.97 Å². The van der Waals surface area contributed by atoms with Gasteiger partial charge in [0.05, 0.1) is 20.3 Å². The molecule has 1 aromatic carbocycles. The molecule has 2 heterocycles. The second-order valence-electron chi connectivity index (χ2n) is 5.58. The minimum atomic E-state index is -0.410. The van der Waals surface area contributed by atoms with Crippen LogP contribution in [0.15, 0.2) is 53.0 Å². The van der Waals surface area contributed by atoms with Gasteiger partial charge < -0.3 is 20.0 Å². The first-order valence-electron chi connectivity index (χ1n) is 8.32. The van der Waals surface area contributed by atoms with Gasteiger partial charge in [0.2, 0.25) is 4.88 Å². The highest BCUT2D eigenvalue weighted by Crippen LogP contribution is 2.34. The van der Waals surface area contributed by atoms with Crippen LogP contribution in [0.1, 0.15) is 10.4 Å². The minimum absolute atomic E-state index is 0.299. The standard InChI is InChI=1S/C19H20N4O3S/c1-25-15-7-5-14(6-8-15)9-10-20-17-12-18(23-19(22-17)26-2)27-11-3-4-16(27)13-21-24/h3-8,11-13H,9-10H2,1-2H3,(H-,20,22,23,24)/p+1. The third kappa shape index (κ3) is 4.73. The van der Waals surface area contributed by atoms with Crippen molar-refractivity contribution in [2.45, 2.75) is 6.42 Å². The van der Waals surface area contributed by atoms with Gasteiger partial charge in [-0.15, -0.1) is 4.98 Å². The molecule has 3 rings (SSSR count). The zero-order chi connectivity index (χ0) is 19.1. The molecule has 27 heavy (non-hydrogen) atoms. The van der Waals surface area contributed by atoms with Crippen molar-refractivity contribution < 1.29 is 14.7 Å². The maximum Gasteiger partial charge on any atom is 0.322 e. The van der Waals surface area contributed by atoms with Gasteiger partial charge in [0, 0.05) is 23.1 Å². The summed E-state index contributed by atoms with van der Waals surface area (Å²) < 4.78 is 10.4. The zero-order valence-electron chi connectivity index (χ0n) is 15.1. The Labute approximate surface area is 160 Å². The van der Waals surface area contributed by atoms with Crippen molar-refractivity contribution in [2.24, 2.45) is 5.16 Å². The van der Waals surface area contributed by atoms with E-state index in [4.69, 9.17) is 14.7 Å². The molecule has 0 saturated carbocycles. The molecule has 3 aromatic rings. The summed E-state index contributed by atoms with van der Waals surface area (Å²) in [6.45, 7) is 0.719. The van der Waals surface area contributed by atoms with Crippen LogP contribution in [-0.2, 0) is 6.42 Å². The van der Waals surface area contributed by atoms with E-state index in [0.717, 1.165) is 28.6 Å². The van der Waals surface area contributed by atoms with E-state index >= 15 is 0 Å². The highest BCUT2D eigenvalue weighted by Gasteiger charge is 2.19. The number of methoxy groups -OCH3 is 2. The van der Waals surface area contributed by atoms with E-state index < -0.39 is 10.5 Å². The summed E-state index contributed by atoms with van der Waals surface area (Å²) in [6, 6.07) is 14.0. The SMILES string of the molecule is COc1ccc(CCNc2cc(-[s+]3cccc3C=NO)nc(OC)n2)cc1. The second kappa shape index (κ2) is 9.00. The predicted molar refractivity (Wildman–Crippen MR) is 107 cm³/mol. The van der Waals surface area contributed by atoms with E-state index in [-0.39, 0.29) is 0 Å². The molecule has 0 radical (unpaired) electrons. The predicted octanol–water partition coefficient (Wildman–Crippen LogP) is 3.69. The molecular formula is C19H21N4O3S+. The first-order chi connectivity index (χ1) is 13.2. The average Bonchev–Trinajstić information content (AvgIpc) is 3.17. The van der Waals surface area contributed by atoms with Gasteiger partial charge in [-0.05, 0) is 30.2 Å². The maximum absolute atomic E-state index is 8.83. The summed E-state index contributed by atoms with van der Waals surface area (Å²) in [5, 5.41) is 18.1. The molecule has 0 aliphatic rings. The second-order valence-corrected chi connectivity index (χ2v) is 7.42. The van der Waals surface area contributed by atoms with Crippen LogP contribution in [-0.4, -0.2) is 42.2 Å². The van der Waals surface area contributed by atoms with Crippen molar-refractivity contribution in [3.8, 4) is 16.8 Å². The van der Waals surface area contributed by atoms with Crippen LogP contribution >= 0.6 is 10.5 Å². The van der Waals surface area contributed by atoms with Crippen LogP contribution in [0.3, 0.4) is 0 Å². The molecule has 0 spiro atoms. The van der Waals surface area contributed by atoms with Gasteiger partial charge in [-0.3, -0.25) is 0 Å². The fourth-order valence-electron chi connectivity index (χ4n) is 2.54. The average molecular weight is 385 g/mol. The number of nitrogens with one attached hydrogen (secondary N) is 1. The summed E-state index contributed by atoms with van der Waals surface area (Å²) in [7, 11) is 2.79. The van der Waals surface area contributed by atoms with Crippen LogP contribution in [0.25, 0.3) is 5.03 Å². The molecule has 2 aromatic heterocycles. The molecule has 0 aliphatic carbocycles.